The standard InChI is InChI=1S/C19H23ClN4O/c1-18(2,12-21)16-11-23-17(24-16)19(25,15-5-3-4-10-22-15)13-6-8-14(20)9-7-13/h3-10,16,25H,11-12,21H2,1-2H3,(H,23,24). The number of aliphatic hydroxyl groups is 1. The highest BCUT2D eigenvalue weighted by atomic mass is 35.5. The molecule has 1 aromatic carbocycles. The Morgan fingerprint density at radius 3 is 2.56 bits per heavy atom. The van der Waals surface area contributed by atoms with Crippen LogP contribution in [-0.2, 0) is 5.60 Å². The van der Waals surface area contributed by atoms with E-state index in [0.29, 0.717) is 35.2 Å². The molecular weight excluding hydrogens is 336 g/mol. The molecule has 0 bridgehead atoms. The first-order chi connectivity index (χ1) is 11.9. The van der Waals surface area contributed by atoms with Gasteiger partial charge in [-0.05, 0) is 41.8 Å². The number of hydrogen-bond acceptors (Lipinski definition) is 5. The number of rotatable bonds is 5. The summed E-state index contributed by atoms with van der Waals surface area (Å²) in [5.41, 5.74) is 5.46. The zero-order chi connectivity index (χ0) is 18.1. The van der Waals surface area contributed by atoms with E-state index in [1.807, 2.05) is 12.1 Å². The number of halogens is 1. The van der Waals surface area contributed by atoms with E-state index in [9.17, 15) is 5.11 Å². The van der Waals surface area contributed by atoms with Crippen molar-refractivity contribution in [1.82, 2.24) is 10.3 Å². The van der Waals surface area contributed by atoms with Gasteiger partial charge in [-0.1, -0.05) is 43.6 Å². The molecule has 4 N–H and O–H groups in total. The highest BCUT2D eigenvalue weighted by Gasteiger charge is 2.44. The second-order valence-electron chi connectivity index (χ2n) is 7.01. The molecule has 0 amide bonds. The average Bonchev–Trinajstić information content (AvgIpc) is 3.14. The van der Waals surface area contributed by atoms with E-state index in [-0.39, 0.29) is 11.5 Å². The Morgan fingerprint density at radius 1 is 1.24 bits per heavy atom. The average molecular weight is 359 g/mol. The maximum Gasteiger partial charge on any atom is 0.189 e. The van der Waals surface area contributed by atoms with Crippen molar-refractivity contribution in [1.29, 1.82) is 0 Å². The van der Waals surface area contributed by atoms with E-state index < -0.39 is 5.60 Å². The molecule has 6 heteroatoms. The van der Waals surface area contributed by atoms with Gasteiger partial charge < -0.3 is 16.2 Å². The molecule has 1 aliphatic rings. The third kappa shape index (κ3) is 3.27. The Bertz CT molecular complexity index is 761. The summed E-state index contributed by atoms with van der Waals surface area (Å²) in [5.74, 6) is 0.486. The van der Waals surface area contributed by atoms with Crippen LogP contribution in [0.4, 0.5) is 0 Å². The van der Waals surface area contributed by atoms with Gasteiger partial charge in [0, 0.05) is 11.2 Å². The quantitative estimate of drug-likeness (QED) is 0.766. The molecule has 2 unspecified atom stereocenters. The largest absolute Gasteiger partial charge is 0.372 e. The highest BCUT2D eigenvalue weighted by molar-refractivity contribution is 6.30. The van der Waals surface area contributed by atoms with Crippen molar-refractivity contribution in [3.63, 3.8) is 0 Å². The number of aromatic nitrogens is 1. The molecule has 0 radical (unpaired) electrons. The van der Waals surface area contributed by atoms with Gasteiger partial charge >= 0.3 is 0 Å². The molecule has 0 aliphatic carbocycles. The predicted molar refractivity (Wildman–Crippen MR) is 101 cm³/mol. The number of hydrogen-bond donors (Lipinski definition) is 3. The third-order valence-electron chi connectivity index (χ3n) is 4.85. The molecular formula is C19H23ClN4O. The lowest BCUT2D eigenvalue weighted by molar-refractivity contribution is 0.145. The predicted octanol–water partition coefficient (Wildman–Crippen LogP) is 2.33. The summed E-state index contributed by atoms with van der Waals surface area (Å²) < 4.78 is 0. The fourth-order valence-electron chi connectivity index (χ4n) is 2.92. The van der Waals surface area contributed by atoms with Crippen LogP contribution in [0, 0.1) is 5.41 Å². The van der Waals surface area contributed by atoms with Crippen molar-refractivity contribution in [2.75, 3.05) is 13.1 Å². The van der Waals surface area contributed by atoms with E-state index in [1.165, 1.54) is 0 Å². The Kier molecular flexibility index (Phi) is 4.82. The molecule has 1 aliphatic heterocycles. The van der Waals surface area contributed by atoms with Gasteiger partial charge in [0.05, 0.1) is 18.3 Å². The van der Waals surface area contributed by atoms with Crippen LogP contribution in [0.1, 0.15) is 25.1 Å². The van der Waals surface area contributed by atoms with Gasteiger partial charge in [-0.15, -0.1) is 0 Å². The molecule has 5 nitrogen and oxygen atoms in total. The topological polar surface area (TPSA) is 83.5 Å². The number of nitrogens with two attached hydrogens (primary N) is 1. The molecule has 0 fully saturated rings. The number of nitrogens with one attached hydrogen (secondary N) is 1. The number of aliphatic imine (C=N–C) groups is 1. The smallest absolute Gasteiger partial charge is 0.189 e. The van der Waals surface area contributed by atoms with E-state index in [2.05, 4.69) is 29.1 Å². The molecule has 2 aromatic rings. The molecule has 0 saturated heterocycles. The zero-order valence-corrected chi connectivity index (χ0v) is 15.2. The van der Waals surface area contributed by atoms with Crippen molar-refractivity contribution in [3.05, 3.63) is 64.9 Å². The van der Waals surface area contributed by atoms with Gasteiger partial charge in [0.1, 0.15) is 5.84 Å². The highest BCUT2D eigenvalue weighted by Crippen LogP contribution is 2.33. The number of pyridine rings is 1. The van der Waals surface area contributed by atoms with Gasteiger partial charge in [-0.25, -0.2) is 0 Å². The van der Waals surface area contributed by atoms with Crippen LogP contribution in [-0.4, -0.2) is 35.1 Å². The fourth-order valence-corrected chi connectivity index (χ4v) is 3.04. The van der Waals surface area contributed by atoms with Crippen molar-refractivity contribution < 1.29 is 5.11 Å². The lowest BCUT2D eigenvalue weighted by atomic mass is 9.84. The van der Waals surface area contributed by atoms with Gasteiger partial charge in [0.2, 0.25) is 0 Å². The minimum atomic E-state index is -1.47. The second kappa shape index (κ2) is 6.75. The van der Waals surface area contributed by atoms with Crippen LogP contribution in [0.15, 0.2) is 53.7 Å². The Hall–Kier alpha value is -1.95. The van der Waals surface area contributed by atoms with Gasteiger partial charge in [0.15, 0.2) is 5.60 Å². The van der Waals surface area contributed by atoms with Crippen LogP contribution in [0.3, 0.4) is 0 Å². The summed E-state index contributed by atoms with van der Waals surface area (Å²) in [7, 11) is 0. The summed E-state index contributed by atoms with van der Waals surface area (Å²) in [6.07, 6.45) is 1.66. The van der Waals surface area contributed by atoms with Crippen molar-refractivity contribution in [3.8, 4) is 0 Å². The molecule has 0 saturated carbocycles. The Labute approximate surface area is 153 Å². The third-order valence-corrected chi connectivity index (χ3v) is 5.10. The Morgan fingerprint density at radius 2 is 1.96 bits per heavy atom. The van der Waals surface area contributed by atoms with Gasteiger partial charge in [-0.2, -0.15) is 0 Å². The zero-order valence-electron chi connectivity index (χ0n) is 14.4. The van der Waals surface area contributed by atoms with Crippen LogP contribution >= 0.6 is 11.6 Å². The SMILES string of the molecule is CC(C)(CN)C1CN=C(C(O)(c2ccc(Cl)cc2)c2ccccn2)N1. The van der Waals surface area contributed by atoms with Crippen molar-refractivity contribution in [2.45, 2.75) is 25.5 Å². The van der Waals surface area contributed by atoms with Crippen LogP contribution in [0.5, 0.6) is 0 Å². The van der Waals surface area contributed by atoms with Crippen LogP contribution in [0.2, 0.25) is 5.02 Å². The normalized spacial score (nSPS) is 19.9. The van der Waals surface area contributed by atoms with E-state index >= 15 is 0 Å². The summed E-state index contributed by atoms with van der Waals surface area (Å²) in [6.45, 7) is 5.26. The molecule has 25 heavy (non-hydrogen) atoms. The first kappa shape index (κ1) is 17.9. The Balaban J connectivity index is 2.03. The number of nitrogens with zero attached hydrogens (tertiary/aromatic N) is 2. The van der Waals surface area contributed by atoms with Crippen molar-refractivity contribution in [2.24, 2.45) is 16.1 Å². The number of amidine groups is 1. The monoisotopic (exact) mass is 358 g/mol. The fraction of sp³-hybridized carbons (Fsp3) is 0.368. The first-order valence-electron chi connectivity index (χ1n) is 8.29. The summed E-state index contributed by atoms with van der Waals surface area (Å²) in [4.78, 5) is 8.98. The van der Waals surface area contributed by atoms with Crippen LogP contribution in [0.25, 0.3) is 0 Å². The van der Waals surface area contributed by atoms with Gasteiger partial charge in [0.25, 0.3) is 0 Å². The summed E-state index contributed by atoms with van der Waals surface area (Å²) >= 11 is 6.01. The lowest BCUT2D eigenvalue weighted by Crippen LogP contribution is -2.52. The molecule has 2 atom stereocenters. The molecule has 132 valence electrons. The number of benzene rings is 1. The minimum absolute atomic E-state index is 0.0510. The van der Waals surface area contributed by atoms with E-state index in [4.69, 9.17) is 17.3 Å². The summed E-state index contributed by atoms with van der Waals surface area (Å²) in [5, 5.41) is 15.7. The molecule has 0 spiro atoms. The second-order valence-corrected chi connectivity index (χ2v) is 7.45. The maximum atomic E-state index is 11.7. The summed E-state index contributed by atoms with van der Waals surface area (Å²) in [6, 6.07) is 12.6. The first-order valence-corrected chi connectivity index (χ1v) is 8.67. The molecule has 2 heterocycles. The lowest BCUT2D eigenvalue weighted by Gasteiger charge is -2.33. The molecule has 1 aromatic heterocycles. The maximum absolute atomic E-state index is 11.7. The molecule has 3 rings (SSSR count). The van der Waals surface area contributed by atoms with E-state index in [0.717, 1.165) is 0 Å². The van der Waals surface area contributed by atoms with Gasteiger partial charge in [-0.3, -0.25) is 9.98 Å². The van der Waals surface area contributed by atoms with Crippen molar-refractivity contribution >= 4 is 17.4 Å². The minimum Gasteiger partial charge on any atom is -0.372 e. The van der Waals surface area contributed by atoms with Crippen LogP contribution < -0.4 is 11.1 Å². The van der Waals surface area contributed by atoms with E-state index in [1.54, 1.807) is 36.5 Å².